The second kappa shape index (κ2) is 6.47. The summed E-state index contributed by atoms with van der Waals surface area (Å²) in [6.07, 6.45) is 3.97. The Morgan fingerprint density at radius 2 is 1.77 bits per heavy atom. The quantitative estimate of drug-likeness (QED) is 0.914. The summed E-state index contributed by atoms with van der Waals surface area (Å²) in [4.78, 5) is 26.4. The van der Waals surface area contributed by atoms with Gasteiger partial charge in [-0.1, -0.05) is 23.2 Å². The molecule has 0 aromatic heterocycles. The number of likely N-dealkylation sites (tertiary alicyclic amines) is 1. The predicted octanol–water partition coefficient (Wildman–Crippen LogP) is 3.58. The van der Waals surface area contributed by atoms with Gasteiger partial charge >= 0.3 is 0 Å². The van der Waals surface area contributed by atoms with Crippen molar-refractivity contribution in [2.75, 3.05) is 18.4 Å². The maximum Gasteiger partial charge on any atom is 0.228 e. The first-order chi connectivity index (χ1) is 10.6. The molecule has 1 aliphatic carbocycles. The van der Waals surface area contributed by atoms with Crippen LogP contribution in [0, 0.1) is 11.8 Å². The number of carbonyl (C=O) groups excluding carboxylic acids is 2. The second-order valence-electron chi connectivity index (χ2n) is 5.95. The topological polar surface area (TPSA) is 49.4 Å². The molecule has 3 rings (SSSR count). The van der Waals surface area contributed by atoms with Gasteiger partial charge in [0, 0.05) is 18.8 Å². The van der Waals surface area contributed by atoms with Gasteiger partial charge in [0.05, 0.1) is 21.9 Å². The van der Waals surface area contributed by atoms with Gasteiger partial charge in [0.2, 0.25) is 11.8 Å². The number of hydrogen-bond acceptors (Lipinski definition) is 2. The largest absolute Gasteiger partial charge is 0.342 e. The summed E-state index contributed by atoms with van der Waals surface area (Å²) in [5.41, 5.74) is 0.607. The van der Waals surface area contributed by atoms with Crippen LogP contribution >= 0.6 is 23.2 Å². The third kappa shape index (κ3) is 3.39. The van der Waals surface area contributed by atoms with Crippen molar-refractivity contribution < 1.29 is 9.59 Å². The van der Waals surface area contributed by atoms with Crippen LogP contribution in [0.25, 0.3) is 0 Å². The fourth-order valence-electron chi connectivity index (χ4n) is 2.92. The summed E-state index contributed by atoms with van der Waals surface area (Å²) in [6.45, 7) is 1.66. The Kier molecular flexibility index (Phi) is 4.59. The first-order valence-electron chi connectivity index (χ1n) is 7.61. The van der Waals surface area contributed by atoms with Gasteiger partial charge in [-0.05, 0) is 43.9 Å². The second-order valence-corrected chi connectivity index (χ2v) is 6.77. The van der Waals surface area contributed by atoms with Gasteiger partial charge in [-0.25, -0.2) is 0 Å². The molecule has 2 aliphatic rings. The lowest BCUT2D eigenvalue weighted by Gasteiger charge is -2.26. The zero-order valence-corrected chi connectivity index (χ0v) is 13.7. The lowest BCUT2D eigenvalue weighted by molar-refractivity contribution is -0.134. The summed E-state index contributed by atoms with van der Waals surface area (Å²) < 4.78 is 0. The number of nitrogens with one attached hydrogen (secondary N) is 1. The monoisotopic (exact) mass is 340 g/mol. The molecule has 0 bridgehead atoms. The van der Waals surface area contributed by atoms with Crippen LogP contribution in [0.1, 0.15) is 25.7 Å². The Morgan fingerprint density at radius 3 is 2.45 bits per heavy atom. The number of benzene rings is 1. The molecule has 4 nitrogen and oxygen atoms in total. The van der Waals surface area contributed by atoms with Gasteiger partial charge in [0.15, 0.2) is 0 Å². The highest BCUT2D eigenvalue weighted by Gasteiger charge is 2.49. The highest BCUT2D eigenvalue weighted by Crippen LogP contribution is 2.41. The van der Waals surface area contributed by atoms with Crippen LogP contribution in [-0.4, -0.2) is 29.8 Å². The fraction of sp³-hybridized carbons (Fsp3) is 0.500. The van der Waals surface area contributed by atoms with Crippen LogP contribution in [0.5, 0.6) is 0 Å². The van der Waals surface area contributed by atoms with Crippen molar-refractivity contribution in [2.24, 2.45) is 11.8 Å². The molecule has 1 aromatic rings. The number of amides is 2. The van der Waals surface area contributed by atoms with Crippen LogP contribution in [0.15, 0.2) is 18.2 Å². The molecule has 1 saturated heterocycles. The average Bonchev–Trinajstić information content (AvgIpc) is 3.32. The van der Waals surface area contributed by atoms with Crippen molar-refractivity contribution in [3.63, 3.8) is 0 Å². The van der Waals surface area contributed by atoms with Crippen molar-refractivity contribution in [2.45, 2.75) is 25.7 Å². The van der Waals surface area contributed by atoms with E-state index in [0.29, 0.717) is 22.2 Å². The fourth-order valence-corrected chi connectivity index (χ4v) is 3.21. The molecule has 1 N–H and O–H groups in total. The molecule has 2 atom stereocenters. The van der Waals surface area contributed by atoms with Gasteiger partial charge in [-0.2, -0.15) is 0 Å². The van der Waals surface area contributed by atoms with Crippen molar-refractivity contribution in [3.8, 4) is 0 Å². The number of carbonyl (C=O) groups is 2. The SMILES string of the molecule is O=C(Nc1ccc(Cl)c(Cl)c1)C1CC1C(=O)N1CCCCC1. The predicted molar refractivity (Wildman–Crippen MR) is 87.1 cm³/mol. The number of nitrogens with zero attached hydrogens (tertiary/aromatic N) is 1. The molecule has 2 fully saturated rings. The molecule has 0 spiro atoms. The van der Waals surface area contributed by atoms with Gasteiger partial charge < -0.3 is 10.2 Å². The zero-order valence-electron chi connectivity index (χ0n) is 12.1. The smallest absolute Gasteiger partial charge is 0.228 e. The maximum absolute atomic E-state index is 12.3. The summed E-state index contributed by atoms with van der Waals surface area (Å²) in [7, 11) is 0. The Hall–Kier alpha value is -1.26. The minimum absolute atomic E-state index is 0.117. The van der Waals surface area contributed by atoms with Crippen LogP contribution in [0.3, 0.4) is 0 Å². The highest BCUT2D eigenvalue weighted by molar-refractivity contribution is 6.42. The van der Waals surface area contributed by atoms with E-state index in [4.69, 9.17) is 23.2 Å². The van der Waals surface area contributed by atoms with E-state index in [-0.39, 0.29) is 23.7 Å². The van der Waals surface area contributed by atoms with Crippen molar-refractivity contribution in [1.29, 1.82) is 0 Å². The van der Waals surface area contributed by atoms with Crippen molar-refractivity contribution in [1.82, 2.24) is 4.90 Å². The van der Waals surface area contributed by atoms with Gasteiger partial charge in [-0.3, -0.25) is 9.59 Å². The number of piperidine rings is 1. The normalized spacial score (nSPS) is 24.0. The van der Waals surface area contributed by atoms with E-state index in [1.54, 1.807) is 18.2 Å². The maximum atomic E-state index is 12.3. The Bertz CT molecular complexity index is 600. The van der Waals surface area contributed by atoms with E-state index in [2.05, 4.69) is 5.32 Å². The molecular formula is C16H18Cl2N2O2. The summed E-state index contributed by atoms with van der Waals surface area (Å²) in [5.74, 6) is -0.354. The van der Waals surface area contributed by atoms with Crippen molar-refractivity contribution >= 4 is 40.7 Å². The van der Waals surface area contributed by atoms with Crippen LogP contribution in [0.2, 0.25) is 10.0 Å². The summed E-state index contributed by atoms with van der Waals surface area (Å²) >= 11 is 11.8. The number of hydrogen-bond donors (Lipinski definition) is 1. The van der Waals surface area contributed by atoms with Crippen molar-refractivity contribution in [3.05, 3.63) is 28.2 Å². The molecule has 22 heavy (non-hydrogen) atoms. The Morgan fingerprint density at radius 1 is 1.05 bits per heavy atom. The molecule has 6 heteroatoms. The number of rotatable bonds is 3. The van der Waals surface area contributed by atoms with E-state index >= 15 is 0 Å². The lowest BCUT2D eigenvalue weighted by atomic mass is 10.1. The summed E-state index contributed by atoms with van der Waals surface area (Å²) in [5, 5.41) is 3.65. The Labute approximate surface area is 139 Å². The van der Waals surface area contributed by atoms with E-state index in [0.717, 1.165) is 25.9 Å². The number of anilines is 1. The number of halogens is 2. The average molecular weight is 341 g/mol. The van der Waals surface area contributed by atoms with Gasteiger partial charge in [-0.15, -0.1) is 0 Å². The van der Waals surface area contributed by atoms with E-state index in [1.165, 1.54) is 6.42 Å². The van der Waals surface area contributed by atoms with Crippen LogP contribution < -0.4 is 5.32 Å². The van der Waals surface area contributed by atoms with E-state index in [1.807, 2.05) is 4.90 Å². The zero-order chi connectivity index (χ0) is 15.7. The molecule has 118 valence electrons. The molecule has 2 amide bonds. The minimum atomic E-state index is -0.219. The standard InChI is InChI=1S/C16H18Cl2N2O2/c17-13-5-4-10(8-14(13)18)19-15(21)11-9-12(11)16(22)20-6-2-1-3-7-20/h4-5,8,11-12H,1-3,6-7,9H2,(H,19,21). The molecule has 1 aliphatic heterocycles. The minimum Gasteiger partial charge on any atom is -0.342 e. The van der Waals surface area contributed by atoms with Gasteiger partial charge in [0.1, 0.15) is 0 Å². The molecule has 1 heterocycles. The van der Waals surface area contributed by atoms with E-state index in [9.17, 15) is 9.59 Å². The highest BCUT2D eigenvalue weighted by atomic mass is 35.5. The van der Waals surface area contributed by atoms with Crippen LogP contribution in [-0.2, 0) is 9.59 Å². The third-order valence-corrected chi connectivity index (χ3v) is 5.04. The van der Waals surface area contributed by atoms with E-state index < -0.39 is 0 Å². The van der Waals surface area contributed by atoms with Gasteiger partial charge in [0.25, 0.3) is 0 Å². The lowest BCUT2D eigenvalue weighted by Crippen LogP contribution is -2.37. The first kappa shape index (κ1) is 15.6. The third-order valence-electron chi connectivity index (χ3n) is 4.30. The molecule has 2 unspecified atom stereocenters. The molecule has 0 radical (unpaired) electrons. The first-order valence-corrected chi connectivity index (χ1v) is 8.36. The molecule has 1 saturated carbocycles. The molecular weight excluding hydrogens is 323 g/mol. The summed E-state index contributed by atoms with van der Waals surface area (Å²) in [6, 6.07) is 4.96. The Balaban J connectivity index is 1.55. The van der Waals surface area contributed by atoms with Crippen LogP contribution in [0.4, 0.5) is 5.69 Å². The molecule has 1 aromatic carbocycles.